The maximum Gasteiger partial charge on any atom is 0.214 e. The van der Waals surface area contributed by atoms with Crippen molar-refractivity contribution in [3.8, 4) is 5.75 Å². The molecular formula is C11H10ClNO3S. The predicted molar refractivity (Wildman–Crippen MR) is 67.1 cm³/mol. The second-order valence-electron chi connectivity index (χ2n) is 3.50. The molecule has 0 unspecified atom stereocenters. The Morgan fingerprint density at radius 3 is 2.65 bits per heavy atom. The van der Waals surface area contributed by atoms with Crippen molar-refractivity contribution >= 4 is 26.5 Å². The zero-order valence-electron chi connectivity index (χ0n) is 9.05. The molecule has 0 N–H and O–H groups in total. The highest BCUT2D eigenvalue weighted by Gasteiger charge is 2.20. The van der Waals surface area contributed by atoms with Crippen molar-refractivity contribution in [2.45, 2.75) is 6.92 Å². The molecule has 0 aliphatic carbocycles. The first-order valence-electron chi connectivity index (χ1n) is 4.87. The summed E-state index contributed by atoms with van der Waals surface area (Å²) in [6.07, 6.45) is 0. The second-order valence-corrected chi connectivity index (χ2v) is 5.83. The van der Waals surface area contributed by atoms with Crippen molar-refractivity contribution in [2.24, 2.45) is 4.99 Å². The first kappa shape index (κ1) is 12.1. The van der Waals surface area contributed by atoms with Gasteiger partial charge in [-0.2, -0.15) is 0 Å². The Morgan fingerprint density at radius 1 is 1.35 bits per heavy atom. The smallest absolute Gasteiger partial charge is 0.214 e. The van der Waals surface area contributed by atoms with Crippen LogP contribution in [0.1, 0.15) is 6.92 Å². The van der Waals surface area contributed by atoms with Crippen molar-refractivity contribution in [3.05, 3.63) is 40.4 Å². The molecular weight excluding hydrogens is 262 g/mol. The van der Waals surface area contributed by atoms with Crippen LogP contribution in [0, 0.1) is 0 Å². The molecule has 0 atom stereocenters. The standard InChI is InChI=1S/C11H10ClNO3S/c1-8-13-9(7-17(8,14)15)6-16-11-5-3-2-4-10(11)12/h2-5,7H,6H2,1H3. The van der Waals surface area contributed by atoms with Crippen LogP contribution in [-0.4, -0.2) is 20.1 Å². The van der Waals surface area contributed by atoms with Gasteiger partial charge in [-0.3, -0.25) is 0 Å². The summed E-state index contributed by atoms with van der Waals surface area (Å²) in [6.45, 7) is 1.54. The van der Waals surface area contributed by atoms with Gasteiger partial charge in [-0.25, -0.2) is 13.4 Å². The van der Waals surface area contributed by atoms with Crippen LogP contribution in [-0.2, 0) is 9.84 Å². The van der Waals surface area contributed by atoms with E-state index in [9.17, 15) is 8.42 Å². The number of nitrogens with zero attached hydrogens (tertiary/aromatic N) is 1. The maximum absolute atomic E-state index is 11.4. The lowest BCUT2D eigenvalue weighted by molar-refractivity contribution is 0.351. The molecule has 0 radical (unpaired) electrons. The van der Waals surface area contributed by atoms with Gasteiger partial charge in [-0.05, 0) is 19.1 Å². The fourth-order valence-electron chi connectivity index (χ4n) is 1.34. The zero-order valence-corrected chi connectivity index (χ0v) is 10.6. The number of ether oxygens (including phenoxy) is 1. The highest BCUT2D eigenvalue weighted by Crippen LogP contribution is 2.24. The van der Waals surface area contributed by atoms with Gasteiger partial charge in [0.1, 0.15) is 17.4 Å². The molecule has 1 aromatic rings. The van der Waals surface area contributed by atoms with Crippen LogP contribution in [0.15, 0.2) is 40.4 Å². The molecule has 0 spiro atoms. The maximum atomic E-state index is 11.4. The van der Waals surface area contributed by atoms with Gasteiger partial charge in [0, 0.05) is 0 Å². The zero-order chi connectivity index (χ0) is 12.5. The number of rotatable bonds is 3. The minimum absolute atomic E-state index is 0.0836. The van der Waals surface area contributed by atoms with Crippen LogP contribution >= 0.6 is 11.6 Å². The largest absolute Gasteiger partial charge is 0.486 e. The number of benzene rings is 1. The van der Waals surface area contributed by atoms with E-state index < -0.39 is 9.84 Å². The van der Waals surface area contributed by atoms with E-state index in [0.29, 0.717) is 16.5 Å². The van der Waals surface area contributed by atoms with Crippen LogP contribution < -0.4 is 4.74 Å². The average molecular weight is 272 g/mol. The average Bonchev–Trinajstić information content (AvgIpc) is 2.52. The summed E-state index contributed by atoms with van der Waals surface area (Å²) in [7, 11) is -3.31. The lowest BCUT2D eigenvalue weighted by atomic mass is 10.3. The van der Waals surface area contributed by atoms with E-state index in [4.69, 9.17) is 16.3 Å². The van der Waals surface area contributed by atoms with Gasteiger partial charge >= 0.3 is 0 Å². The summed E-state index contributed by atoms with van der Waals surface area (Å²) in [5, 5.41) is 1.68. The molecule has 17 heavy (non-hydrogen) atoms. The molecule has 0 aromatic heterocycles. The Balaban J connectivity index is 2.09. The summed E-state index contributed by atoms with van der Waals surface area (Å²) >= 11 is 5.90. The molecule has 6 heteroatoms. The first-order valence-corrected chi connectivity index (χ1v) is 6.80. The molecule has 1 aliphatic rings. The van der Waals surface area contributed by atoms with Crippen LogP contribution in [0.2, 0.25) is 5.02 Å². The Morgan fingerprint density at radius 2 is 2.06 bits per heavy atom. The van der Waals surface area contributed by atoms with Gasteiger partial charge in [-0.1, -0.05) is 23.7 Å². The van der Waals surface area contributed by atoms with E-state index in [-0.39, 0.29) is 11.7 Å². The summed E-state index contributed by atoms with van der Waals surface area (Å²) in [4.78, 5) is 3.91. The molecule has 2 rings (SSSR count). The van der Waals surface area contributed by atoms with Crippen LogP contribution in [0.3, 0.4) is 0 Å². The molecule has 0 saturated heterocycles. The molecule has 4 nitrogen and oxygen atoms in total. The monoisotopic (exact) mass is 271 g/mol. The van der Waals surface area contributed by atoms with Crippen molar-refractivity contribution in [1.82, 2.24) is 0 Å². The van der Waals surface area contributed by atoms with E-state index in [1.54, 1.807) is 24.3 Å². The first-order chi connectivity index (χ1) is 7.99. The number of halogens is 1. The normalized spacial score (nSPS) is 17.5. The number of hydrogen-bond acceptors (Lipinski definition) is 4. The van der Waals surface area contributed by atoms with E-state index in [2.05, 4.69) is 4.99 Å². The van der Waals surface area contributed by atoms with Gasteiger partial charge in [0.15, 0.2) is 0 Å². The van der Waals surface area contributed by atoms with Crippen LogP contribution in [0.5, 0.6) is 5.75 Å². The Hall–Kier alpha value is -1.33. The van der Waals surface area contributed by atoms with Crippen molar-refractivity contribution < 1.29 is 13.2 Å². The van der Waals surface area contributed by atoms with E-state index in [1.807, 2.05) is 0 Å². The molecule has 0 amide bonds. The van der Waals surface area contributed by atoms with Crippen LogP contribution in [0.25, 0.3) is 0 Å². The summed E-state index contributed by atoms with van der Waals surface area (Å²) in [5.41, 5.74) is 0.377. The molecule has 0 fully saturated rings. The highest BCUT2D eigenvalue weighted by molar-refractivity contribution is 8.09. The summed E-state index contributed by atoms with van der Waals surface area (Å²) in [6, 6.07) is 6.99. The lowest BCUT2D eigenvalue weighted by Gasteiger charge is -2.06. The number of para-hydroxylation sites is 1. The fourth-order valence-corrected chi connectivity index (χ4v) is 2.42. The van der Waals surface area contributed by atoms with Crippen molar-refractivity contribution in [1.29, 1.82) is 0 Å². The van der Waals surface area contributed by atoms with Crippen molar-refractivity contribution in [2.75, 3.05) is 6.61 Å². The number of sulfone groups is 1. The quantitative estimate of drug-likeness (QED) is 0.848. The summed E-state index contributed by atoms with van der Waals surface area (Å²) < 4.78 is 28.1. The Bertz CT molecular complexity index is 605. The van der Waals surface area contributed by atoms with E-state index in [1.165, 1.54) is 6.92 Å². The second kappa shape index (κ2) is 4.50. The third-order valence-corrected chi connectivity index (χ3v) is 4.03. The fraction of sp³-hybridized carbons (Fsp3) is 0.182. The van der Waals surface area contributed by atoms with E-state index in [0.717, 1.165) is 5.41 Å². The number of hydrogen-bond donors (Lipinski definition) is 0. The molecule has 0 bridgehead atoms. The SMILES string of the molecule is CC1=NC(COc2ccccc2Cl)=CS1(=O)=O. The van der Waals surface area contributed by atoms with E-state index >= 15 is 0 Å². The van der Waals surface area contributed by atoms with Gasteiger partial charge in [0.2, 0.25) is 9.84 Å². The molecule has 1 heterocycles. The summed E-state index contributed by atoms with van der Waals surface area (Å²) in [5.74, 6) is 0.507. The topological polar surface area (TPSA) is 55.7 Å². The minimum atomic E-state index is -3.31. The van der Waals surface area contributed by atoms with Crippen LogP contribution in [0.4, 0.5) is 0 Å². The Labute approximate surface area is 104 Å². The van der Waals surface area contributed by atoms with Gasteiger partial charge in [0.25, 0.3) is 0 Å². The molecule has 0 saturated carbocycles. The van der Waals surface area contributed by atoms with Crippen molar-refractivity contribution in [3.63, 3.8) is 0 Å². The van der Waals surface area contributed by atoms with Gasteiger partial charge in [0.05, 0.1) is 16.1 Å². The molecule has 90 valence electrons. The minimum Gasteiger partial charge on any atom is -0.486 e. The lowest BCUT2D eigenvalue weighted by Crippen LogP contribution is -2.01. The molecule has 1 aliphatic heterocycles. The number of aliphatic imine (C=N–C) groups is 1. The third kappa shape index (κ3) is 2.68. The predicted octanol–water partition coefficient (Wildman–Crippen LogP) is 2.41. The third-order valence-electron chi connectivity index (χ3n) is 2.22. The Kier molecular flexibility index (Phi) is 3.22. The highest BCUT2D eigenvalue weighted by atomic mass is 35.5. The van der Waals surface area contributed by atoms with Gasteiger partial charge in [-0.15, -0.1) is 0 Å². The molecule has 1 aromatic carbocycles. The van der Waals surface area contributed by atoms with Gasteiger partial charge < -0.3 is 4.74 Å².